The van der Waals surface area contributed by atoms with Crippen LogP contribution in [0.1, 0.15) is 11.1 Å². The lowest BCUT2D eigenvalue weighted by Gasteiger charge is -2.07. The van der Waals surface area contributed by atoms with Gasteiger partial charge in [0.05, 0.1) is 0 Å². The lowest BCUT2D eigenvalue weighted by Crippen LogP contribution is -1.84. The van der Waals surface area contributed by atoms with Gasteiger partial charge in [-0.15, -0.1) is 0 Å². The van der Waals surface area contributed by atoms with Crippen LogP contribution < -0.4 is 0 Å². The van der Waals surface area contributed by atoms with Crippen molar-refractivity contribution in [3.8, 4) is 0 Å². The van der Waals surface area contributed by atoms with Gasteiger partial charge in [0, 0.05) is 4.47 Å². The van der Waals surface area contributed by atoms with Crippen LogP contribution in [0.5, 0.6) is 0 Å². The molecule has 0 saturated carbocycles. The normalized spacial score (nSPS) is 10.7. The molecule has 0 nitrogen and oxygen atoms in total. The number of aryl methyl sites for hydroxylation is 2. The SMILES string of the molecule is Cc1cc(Br)c(C)c2ccccc12. The van der Waals surface area contributed by atoms with E-state index in [9.17, 15) is 0 Å². The van der Waals surface area contributed by atoms with E-state index < -0.39 is 0 Å². The third-order valence-electron chi connectivity index (χ3n) is 2.46. The quantitative estimate of drug-likeness (QED) is 0.641. The van der Waals surface area contributed by atoms with Crippen molar-refractivity contribution in [3.63, 3.8) is 0 Å². The Labute approximate surface area is 86.7 Å². The van der Waals surface area contributed by atoms with Crippen molar-refractivity contribution in [2.45, 2.75) is 13.8 Å². The number of rotatable bonds is 0. The van der Waals surface area contributed by atoms with E-state index in [0.29, 0.717) is 0 Å². The summed E-state index contributed by atoms with van der Waals surface area (Å²) in [6, 6.07) is 10.7. The molecule has 0 aliphatic rings. The number of fused-ring (bicyclic) bond motifs is 1. The van der Waals surface area contributed by atoms with Crippen molar-refractivity contribution in [1.82, 2.24) is 0 Å². The first-order valence-corrected chi connectivity index (χ1v) is 5.14. The third-order valence-corrected chi connectivity index (χ3v) is 3.28. The molecule has 0 amide bonds. The van der Waals surface area contributed by atoms with E-state index in [2.05, 4.69) is 60.1 Å². The fourth-order valence-corrected chi connectivity index (χ4v) is 2.22. The zero-order chi connectivity index (χ0) is 9.42. The summed E-state index contributed by atoms with van der Waals surface area (Å²) >= 11 is 3.57. The zero-order valence-electron chi connectivity index (χ0n) is 7.76. The highest BCUT2D eigenvalue weighted by Crippen LogP contribution is 2.28. The van der Waals surface area contributed by atoms with Gasteiger partial charge >= 0.3 is 0 Å². The predicted molar refractivity (Wildman–Crippen MR) is 61.1 cm³/mol. The second-order valence-electron chi connectivity index (χ2n) is 3.35. The maximum absolute atomic E-state index is 3.57. The Balaban J connectivity index is 2.97. The summed E-state index contributed by atoms with van der Waals surface area (Å²) < 4.78 is 1.20. The lowest BCUT2D eigenvalue weighted by molar-refractivity contribution is 1.43. The molecule has 13 heavy (non-hydrogen) atoms. The van der Waals surface area contributed by atoms with Crippen molar-refractivity contribution < 1.29 is 0 Å². The molecule has 0 atom stereocenters. The maximum atomic E-state index is 3.57. The Hall–Kier alpha value is -0.820. The highest BCUT2D eigenvalue weighted by atomic mass is 79.9. The van der Waals surface area contributed by atoms with Crippen LogP contribution in [0.3, 0.4) is 0 Å². The maximum Gasteiger partial charge on any atom is 0.0213 e. The fraction of sp³-hybridized carbons (Fsp3) is 0.167. The molecule has 0 aliphatic heterocycles. The molecule has 1 heteroatoms. The van der Waals surface area contributed by atoms with E-state index in [1.807, 2.05) is 0 Å². The molecule has 66 valence electrons. The van der Waals surface area contributed by atoms with Crippen molar-refractivity contribution in [3.05, 3.63) is 45.9 Å². The highest BCUT2D eigenvalue weighted by Gasteiger charge is 2.02. The van der Waals surface area contributed by atoms with Crippen LogP contribution in [0.4, 0.5) is 0 Å². The Kier molecular flexibility index (Phi) is 2.12. The second kappa shape index (κ2) is 3.15. The van der Waals surface area contributed by atoms with Gasteiger partial charge in [-0.1, -0.05) is 40.2 Å². The molecule has 0 radical (unpaired) electrons. The van der Waals surface area contributed by atoms with Gasteiger partial charge in [0.2, 0.25) is 0 Å². The van der Waals surface area contributed by atoms with Crippen LogP contribution in [0, 0.1) is 13.8 Å². The van der Waals surface area contributed by atoms with Crippen LogP contribution in [0.25, 0.3) is 10.8 Å². The van der Waals surface area contributed by atoms with Gasteiger partial charge < -0.3 is 0 Å². The Morgan fingerprint density at radius 2 is 1.62 bits per heavy atom. The smallest absolute Gasteiger partial charge is 0.0213 e. The Bertz CT molecular complexity index is 458. The zero-order valence-corrected chi connectivity index (χ0v) is 9.35. The molecule has 0 aliphatic carbocycles. The standard InChI is InChI=1S/C12H11Br/c1-8-7-12(13)9(2)11-6-4-3-5-10(8)11/h3-7H,1-2H3. The van der Waals surface area contributed by atoms with E-state index in [4.69, 9.17) is 0 Å². The lowest BCUT2D eigenvalue weighted by atomic mass is 10.0. The molecule has 0 bridgehead atoms. The van der Waals surface area contributed by atoms with Gasteiger partial charge in [0.25, 0.3) is 0 Å². The summed E-state index contributed by atoms with van der Waals surface area (Å²) in [6.45, 7) is 4.29. The summed E-state index contributed by atoms with van der Waals surface area (Å²) in [5.74, 6) is 0. The van der Waals surface area contributed by atoms with Crippen molar-refractivity contribution in [2.24, 2.45) is 0 Å². The molecule has 0 saturated heterocycles. The van der Waals surface area contributed by atoms with Gasteiger partial charge in [-0.2, -0.15) is 0 Å². The van der Waals surface area contributed by atoms with Crippen LogP contribution in [-0.4, -0.2) is 0 Å². The monoisotopic (exact) mass is 234 g/mol. The van der Waals surface area contributed by atoms with Gasteiger partial charge in [0.15, 0.2) is 0 Å². The molecule has 0 heterocycles. The number of halogens is 1. The molecule has 0 spiro atoms. The summed E-state index contributed by atoms with van der Waals surface area (Å²) in [6.07, 6.45) is 0. The van der Waals surface area contributed by atoms with E-state index in [0.717, 1.165) is 0 Å². The fourth-order valence-electron chi connectivity index (χ4n) is 1.66. The van der Waals surface area contributed by atoms with E-state index in [1.54, 1.807) is 0 Å². The molecular formula is C12H11Br. The van der Waals surface area contributed by atoms with Crippen LogP contribution >= 0.6 is 15.9 Å². The van der Waals surface area contributed by atoms with Crippen LogP contribution in [-0.2, 0) is 0 Å². The summed E-state index contributed by atoms with van der Waals surface area (Å²) in [5.41, 5.74) is 2.65. The number of hydrogen-bond acceptors (Lipinski definition) is 0. The minimum Gasteiger partial charge on any atom is -0.0616 e. The molecular weight excluding hydrogens is 224 g/mol. The summed E-state index contributed by atoms with van der Waals surface area (Å²) in [7, 11) is 0. The van der Waals surface area contributed by atoms with Crippen LogP contribution in [0.15, 0.2) is 34.8 Å². The van der Waals surface area contributed by atoms with E-state index in [1.165, 1.54) is 26.4 Å². The third kappa shape index (κ3) is 1.37. The van der Waals surface area contributed by atoms with E-state index in [-0.39, 0.29) is 0 Å². The van der Waals surface area contributed by atoms with Gasteiger partial charge in [0.1, 0.15) is 0 Å². The van der Waals surface area contributed by atoms with Gasteiger partial charge in [-0.3, -0.25) is 0 Å². The Morgan fingerprint density at radius 3 is 2.31 bits per heavy atom. The minimum absolute atomic E-state index is 1.20. The largest absolute Gasteiger partial charge is 0.0616 e. The highest BCUT2D eigenvalue weighted by molar-refractivity contribution is 9.10. The van der Waals surface area contributed by atoms with Gasteiger partial charge in [-0.25, -0.2) is 0 Å². The summed E-state index contributed by atoms with van der Waals surface area (Å²) in [4.78, 5) is 0. The van der Waals surface area contributed by atoms with Crippen molar-refractivity contribution in [2.75, 3.05) is 0 Å². The first-order valence-electron chi connectivity index (χ1n) is 4.34. The molecule has 2 aromatic carbocycles. The topological polar surface area (TPSA) is 0 Å². The van der Waals surface area contributed by atoms with Gasteiger partial charge in [-0.05, 0) is 41.8 Å². The van der Waals surface area contributed by atoms with Crippen molar-refractivity contribution >= 4 is 26.7 Å². The van der Waals surface area contributed by atoms with Crippen LogP contribution in [0.2, 0.25) is 0 Å². The summed E-state index contributed by atoms with van der Waals surface area (Å²) in [5, 5.41) is 2.69. The second-order valence-corrected chi connectivity index (χ2v) is 4.20. The van der Waals surface area contributed by atoms with E-state index >= 15 is 0 Å². The predicted octanol–water partition coefficient (Wildman–Crippen LogP) is 4.22. The van der Waals surface area contributed by atoms with Crippen molar-refractivity contribution in [1.29, 1.82) is 0 Å². The average Bonchev–Trinajstić information content (AvgIpc) is 2.15. The molecule has 0 N–H and O–H groups in total. The molecule has 0 unspecified atom stereocenters. The molecule has 0 aromatic heterocycles. The molecule has 2 rings (SSSR count). The Morgan fingerprint density at radius 1 is 1.00 bits per heavy atom. The number of benzene rings is 2. The first-order chi connectivity index (χ1) is 6.20. The number of hydrogen-bond donors (Lipinski definition) is 0. The molecule has 0 fully saturated rings. The minimum atomic E-state index is 1.20. The average molecular weight is 235 g/mol. The molecule has 2 aromatic rings. The first kappa shape index (κ1) is 8.76.